The first-order valence-electron chi connectivity index (χ1n) is 17.7. The average Bonchev–Trinajstić information content (AvgIpc) is 3.42. The first-order valence-corrected chi connectivity index (χ1v) is 17.7. The molecular weight excluding hydrogens is 595 g/mol. The van der Waals surface area contributed by atoms with E-state index >= 15 is 0 Å². The highest BCUT2D eigenvalue weighted by atomic mass is 19.1. The number of ether oxygens (including phenoxy) is 2. The summed E-state index contributed by atoms with van der Waals surface area (Å²) in [5.74, 6) is 4.56. The van der Waals surface area contributed by atoms with E-state index in [2.05, 4.69) is 53.7 Å². The van der Waals surface area contributed by atoms with Crippen molar-refractivity contribution in [1.29, 1.82) is 0 Å². The van der Waals surface area contributed by atoms with Crippen LogP contribution in [0.2, 0.25) is 0 Å². The van der Waals surface area contributed by atoms with Crippen LogP contribution < -0.4 is 9.64 Å². The molecule has 1 aromatic carbocycles. The molecule has 0 radical (unpaired) electrons. The number of hydrogen-bond donors (Lipinski definition) is 0. The SMILES string of the molecule is CC(C)[C@@H](C1CC(N2C[C@H]3COC[C@H]3C2)C1)N1CC2(CCN(c3ncnnc3Oc3ccc(F)cc3-c3ncncc3C3CC3)C2)C1. The fourth-order valence-corrected chi connectivity index (χ4v) is 9.57. The second-order valence-electron chi connectivity index (χ2n) is 15.6. The summed E-state index contributed by atoms with van der Waals surface area (Å²) in [7, 11) is 0. The van der Waals surface area contributed by atoms with E-state index in [0.717, 1.165) is 88.0 Å². The number of halogens is 1. The standard InChI is InChI=1S/C36H45FN8O2/c1-22(2)33(24-9-28(10-24)44-13-25-15-46-16-26(25)14-44)45-18-36(19-45)7-8-43(17-36)34-35(42-41-21-40-34)47-31-6-5-27(37)11-29(31)32-30(23-3-4-23)12-38-20-39-32/h5-6,11-12,20-26,28,33H,3-4,7-10,13-19H2,1-2H3/t24?,25-,26+,28?,33-/m0/s1. The highest BCUT2D eigenvalue weighted by Gasteiger charge is 2.54. The lowest BCUT2D eigenvalue weighted by Crippen LogP contribution is -2.65. The molecule has 0 unspecified atom stereocenters. The van der Waals surface area contributed by atoms with E-state index in [1.165, 1.54) is 50.7 Å². The molecule has 0 amide bonds. The van der Waals surface area contributed by atoms with Crippen molar-refractivity contribution in [1.82, 2.24) is 34.9 Å². The molecule has 11 heteroatoms. The van der Waals surface area contributed by atoms with Crippen molar-refractivity contribution >= 4 is 5.82 Å². The fourth-order valence-electron chi connectivity index (χ4n) is 9.57. The first-order chi connectivity index (χ1) is 22.9. The van der Waals surface area contributed by atoms with Crippen LogP contribution in [-0.4, -0.2) is 99.5 Å². The van der Waals surface area contributed by atoms with Crippen LogP contribution in [0.4, 0.5) is 10.2 Å². The van der Waals surface area contributed by atoms with Gasteiger partial charge in [0.1, 0.15) is 24.2 Å². The summed E-state index contributed by atoms with van der Waals surface area (Å²) in [6.45, 7) is 13.3. The van der Waals surface area contributed by atoms with Crippen LogP contribution in [0.5, 0.6) is 11.6 Å². The third-order valence-electron chi connectivity index (χ3n) is 12.1. The number of hydrogen-bond acceptors (Lipinski definition) is 10. The van der Waals surface area contributed by atoms with Crippen molar-refractivity contribution in [3.05, 3.63) is 48.4 Å². The largest absolute Gasteiger partial charge is 0.434 e. The van der Waals surface area contributed by atoms with Gasteiger partial charge in [-0.25, -0.2) is 19.3 Å². The number of rotatable bonds is 9. The number of likely N-dealkylation sites (tertiary alicyclic amines) is 2. The third-order valence-corrected chi connectivity index (χ3v) is 12.1. The van der Waals surface area contributed by atoms with E-state index in [1.807, 2.05) is 6.20 Å². The predicted octanol–water partition coefficient (Wildman–Crippen LogP) is 5.03. The van der Waals surface area contributed by atoms with Crippen molar-refractivity contribution in [2.45, 2.75) is 64.0 Å². The second kappa shape index (κ2) is 11.7. The van der Waals surface area contributed by atoms with Gasteiger partial charge < -0.3 is 14.4 Å². The van der Waals surface area contributed by atoms with Crippen LogP contribution in [0.25, 0.3) is 11.3 Å². The van der Waals surface area contributed by atoms with E-state index in [-0.39, 0.29) is 11.2 Å². The molecule has 2 aromatic heterocycles. The Morgan fingerprint density at radius 2 is 1.83 bits per heavy atom. The number of fused-ring (bicyclic) bond motifs is 1. The summed E-state index contributed by atoms with van der Waals surface area (Å²) in [5, 5.41) is 8.45. The topological polar surface area (TPSA) is 92.6 Å². The zero-order valence-electron chi connectivity index (χ0n) is 27.5. The van der Waals surface area contributed by atoms with Gasteiger partial charge in [-0.1, -0.05) is 13.8 Å². The third kappa shape index (κ3) is 5.48. The summed E-state index contributed by atoms with van der Waals surface area (Å²) in [6.07, 6.45) is 10.8. The summed E-state index contributed by atoms with van der Waals surface area (Å²) in [5.41, 5.74) is 2.59. The van der Waals surface area contributed by atoms with Crippen molar-refractivity contribution in [2.24, 2.45) is 29.1 Å². The van der Waals surface area contributed by atoms with E-state index in [1.54, 1.807) is 6.07 Å². The summed E-state index contributed by atoms with van der Waals surface area (Å²) < 4.78 is 26.7. The molecular formula is C36H45FN8O2. The molecule has 47 heavy (non-hydrogen) atoms. The number of anilines is 1. The highest BCUT2D eigenvalue weighted by Crippen LogP contribution is 2.49. The van der Waals surface area contributed by atoms with Crippen molar-refractivity contribution in [3.8, 4) is 22.9 Å². The maximum absolute atomic E-state index is 14.6. The average molecular weight is 641 g/mol. The van der Waals surface area contributed by atoms with Crippen molar-refractivity contribution in [2.75, 3.05) is 57.4 Å². The lowest BCUT2D eigenvalue weighted by atomic mass is 9.68. The molecule has 6 aliphatic rings. The number of nitrogens with zero attached hydrogens (tertiary/aromatic N) is 8. The minimum absolute atomic E-state index is 0.256. The molecule has 4 aliphatic heterocycles. The Bertz CT molecular complexity index is 1610. The molecule has 3 atom stereocenters. The fraction of sp³-hybridized carbons (Fsp3) is 0.639. The molecule has 6 heterocycles. The lowest BCUT2D eigenvalue weighted by molar-refractivity contribution is -0.0792. The highest BCUT2D eigenvalue weighted by molar-refractivity contribution is 5.71. The van der Waals surface area contributed by atoms with Crippen molar-refractivity contribution in [3.63, 3.8) is 0 Å². The van der Waals surface area contributed by atoms with Crippen LogP contribution in [-0.2, 0) is 4.74 Å². The van der Waals surface area contributed by atoms with Gasteiger partial charge in [-0.3, -0.25) is 9.80 Å². The monoisotopic (exact) mass is 640 g/mol. The number of benzene rings is 1. The Morgan fingerprint density at radius 3 is 2.60 bits per heavy atom. The molecule has 1 spiro atoms. The zero-order chi connectivity index (χ0) is 31.7. The Balaban J connectivity index is 0.870. The van der Waals surface area contributed by atoms with Crippen LogP contribution >= 0.6 is 0 Å². The Kier molecular flexibility index (Phi) is 7.43. The Hall–Kier alpha value is -3.28. The van der Waals surface area contributed by atoms with Gasteiger partial charge in [-0.2, -0.15) is 0 Å². The van der Waals surface area contributed by atoms with Gasteiger partial charge in [0, 0.05) is 85.9 Å². The minimum atomic E-state index is -0.341. The molecule has 2 aliphatic carbocycles. The van der Waals surface area contributed by atoms with Gasteiger partial charge in [-0.05, 0) is 68.1 Å². The Labute approximate surface area is 276 Å². The van der Waals surface area contributed by atoms with E-state index in [0.29, 0.717) is 46.6 Å². The van der Waals surface area contributed by atoms with Crippen LogP contribution in [0.1, 0.15) is 57.4 Å². The van der Waals surface area contributed by atoms with Crippen molar-refractivity contribution < 1.29 is 13.9 Å². The predicted molar refractivity (Wildman–Crippen MR) is 175 cm³/mol. The van der Waals surface area contributed by atoms with E-state index < -0.39 is 0 Å². The lowest BCUT2D eigenvalue weighted by Gasteiger charge is -2.57. The molecule has 10 nitrogen and oxygen atoms in total. The first kappa shape index (κ1) is 29.8. The molecule has 3 aromatic rings. The maximum atomic E-state index is 14.6. The summed E-state index contributed by atoms with van der Waals surface area (Å²) in [6, 6.07) is 5.97. The van der Waals surface area contributed by atoms with Gasteiger partial charge in [0.2, 0.25) is 0 Å². The molecule has 4 saturated heterocycles. The van der Waals surface area contributed by atoms with Crippen LogP contribution in [0, 0.1) is 34.9 Å². The van der Waals surface area contributed by atoms with Gasteiger partial charge in [-0.15, -0.1) is 10.2 Å². The summed E-state index contributed by atoms with van der Waals surface area (Å²) >= 11 is 0. The Morgan fingerprint density at radius 1 is 1.02 bits per heavy atom. The van der Waals surface area contributed by atoms with Crippen LogP contribution in [0.3, 0.4) is 0 Å². The quantitative estimate of drug-likeness (QED) is 0.317. The van der Waals surface area contributed by atoms with Gasteiger partial charge in [0.05, 0.1) is 18.9 Å². The smallest absolute Gasteiger partial charge is 0.282 e. The van der Waals surface area contributed by atoms with Gasteiger partial charge in [0.25, 0.3) is 5.88 Å². The zero-order valence-corrected chi connectivity index (χ0v) is 27.5. The van der Waals surface area contributed by atoms with E-state index in [4.69, 9.17) is 9.47 Å². The normalized spacial score (nSPS) is 29.2. The molecule has 0 N–H and O–H groups in total. The molecule has 2 saturated carbocycles. The second-order valence-corrected chi connectivity index (χ2v) is 15.6. The maximum Gasteiger partial charge on any atom is 0.282 e. The summed E-state index contributed by atoms with van der Waals surface area (Å²) in [4.78, 5) is 21.3. The molecule has 0 bridgehead atoms. The molecule has 6 fully saturated rings. The molecule has 248 valence electrons. The van der Waals surface area contributed by atoms with Gasteiger partial charge >= 0.3 is 0 Å². The minimum Gasteiger partial charge on any atom is -0.434 e. The molecule has 9 rings (SSSR count). The number of aromatic nitrogens is 5. The van der Waals surface area contributed by atoms with Gasteiger partial charge in [0.15, 0.2) is 5.82 Å². The van der Waals surface area contributed by atoms with E-state index in [9.17, 15) is 4.39 Å². The van der Waals surface area contributed by atoms with Crippen LogP contribution in [0.15, 0.2) is 37.1 Å².